The molecule has 0 bridgehead atoms. The summed E-state index contributed by atoms with van der Waals surface area (Å²) in [6, 6.07) is 0. The molecule has 0 aromatic carbocycles. The second kappa shape index (κ2) is 2.99. The first-order valence-corrected chi connectivity index (χ1v) is 5.23. The third-order valence-electron chi connectivity index (χ3n) is 1.46. The number of rotatable bonds is 1. The first-order valence-electron chi connectivity index (χ1n) is 3.27. The van der Waals surface area contributed by atoms with Crippen molar-refractivity contribution in [2.45, 2.75) is 5.37 Å². The molecule has 1 rings (SSSR count). The van der Waals surface area contributed by atoms with Crippen LogP contribution in [0.25, 0.3) is 0 Å². The summed E-state index contributed by atoms with van der Waals surface area (Å²) in [6.45, 7) is 0. The first-order chi connectivity index (χ1) is 5.55. The second-order valence-electron chi connectivity index (χ2n) is 2.45. The molecule has 0 spiro atoms. The standard InChI is InChI=1S/C7H8N2O2S/c1-12(10,11)7-4-2-3-5-9(7)6-8/h2-5,7H,1H3/t7-/m0/s1. The second-order valence-corrected chi connectivity index (χ2v) is 4.60. The van der Waals surface area contributed by atoms with Crippen molar-refractivity contribution in [2.24, 2.45) is 0 Å². The summed E-state index contributed by atoms with van der Waals surface area (Å²) >= 11 is 0. The molecule has 0 saturated carbocycles. The van der Waals surface area contributed by atoms with Crippen LogP contribution in [-0.2, 0) is 9.84 Å². The van der Waals surface area contributed by atoms with Gasteiger partial charge in [-0.05, 0) is 12.2 Å². The molecule has 0 aromatic heterocycles. The van der Waals surface area contributed by atoms with E-state index < -0.39 is 15.2 Å². The fourth-order valence-corrected chi connectivity index (χ4v) is 1.82. The summed E-state index contributed by atoms with van der Waals surface area (Å²) in [5, 5.41) is 7.71. The smallest absolute Gasteiger partial charge is 0.185 e. The summed E-state index contributed by atoms with van der Waals surface area (Å²) in [5.41, 5.74) is 0. The van der Waals surface area contributed by atoms with Gasteiger partial charge in [0.2, 0.25) is 0 Å². The predicted molar refractivity (Wildman–Crippen MR) is 44.4 cm³/mol. The Morgan fingerprint density at radius 3 is 2.58 bits per heavy atom. The molecule has 4 nitrogen and oxygen atoms in total. The molecule has 0 amide bonds. The summed E-state index contributed by atoms with van der Waals surface area (Å²) in [6.07, 6.45) is 9.01. The van der Waals surface area contributed by atoms with Gasteiger partial charge in [0, 0.05) is 12.5 Å². The molecule has 1 atom stereocenters. The highest BCUT2D eigenvalue weighted by Gasteiger charge is 2.24. The van der Waals surface area contributed by atoms with Gasteiger partial charge in [-0.25, -0.2) is 8.42 Å². The van der Waals surface area contributed by atoms with Crippen molar-refractivity contribution in [1.82, 2.24) is 4.90 Å². The molecule has 1 aliphatic rings. The SMILES string of the molecule is CS(=O)(=O)[C@H]1C=CC=CN1C#N. The maximum atomic E-state index is 11.1. The fourth-order valence-electron chi connectivity index (χ4n) is 0.918. The van der Waals surface area contributed by atoms with Gasteiger partial charge < -0.3 is 0 Å². The summed E-state index contributed by atoms with van der Waals surface area (Å²) in [7, 11) is -3.22. The summed E-state index contributed by atoms with van der Waals surface area (Å²) in [5.74, 6) is 0. The van der Waals surface area contributed by atoms with Crippen molar-refractivity contribution in [1.29, 1.82) is 5.26 Å². The van der Waals surface area contributed by atoms with Crippen LogP contribution in [0.2, 0.25) is 0 Å². The minimum Gasteiger partial charge on any atom is -0.265 e. The van der Waals surface area contributed by atoms with Crippen LogP contribution in [0.3, 0.4) is 0 Å². The highest BCUT2D eigenvalue weighted by atomic mass is 32.2. The number of hydrogen-bond acceptors (Lipinski definition) is 4. The molecule has 5 heteroatoms. The van der Waals surface area contributed by atoms with E-state index in [1.807, 2.05) is 0 Å². The van der Waals surface area contributed by atoms with Crippen LogP contribution in [0.4, 0.5) is 0 Å². The summed E-state index contributed by atoms with van der Waals surface area (Å²) in [4.78, 5) is 1.09. The van der Waals surface area contributed by atoms with Crippen molar-refractivity contribution >= 4 is 9.84 Å². The van der Waals surface area contributed by atoms with Crippen molar-refractivity contribution in [3.63, 3.8) is 0 Å². The zero-order chi connectivity index (χ0) is 9.19. The number of allylic oxidation sites excluding steroid dienone is 2. The van der Waals surface area contributed by atoms with Gasteiger partial charge >= 0.3 is 0 Å². The average molecular weight is 184 g/mol. The minimum atomic E-state index is -3.22. The third-order valence-corrected chi connectivity index (χ3v) is 2.72. The Labute approximate surface area is 71.3 Å². The van der Waals surface area contributed by atoms with Crippen LogP contribution < -0.4 is 0 Å². The van der Waals surface area contributed by atoms with E-state index in [0.29, 0.717) is 0 Å². The van der Waals surface area contributed by atoms with Crippen LogP contribution >= 0.6 is 0 Å². The Bertz CT molecular complexity index is 361. The molecule has 0 fully saturated rings. The molecule has 1 heterocycles. The zero-order valence-corrected chi connectivity index (χ0v) is 7.32. The van der Waals surface area contributed by atoms with Crippen LogP contribution in [0.15, 0.2) is 24.4 Å². The molecule has 12 heavy (non-hydrogen) atoms. The van der Waals surface area contributed by atoms with E-state index in [9.17, 15) is 8.42 Å². The van der Waals surface area contributed by atoms with E-state index in [1.165, 1.54) is 12.3 Å². The number of nitrogens with zero attached hydrogens (tertiary/aromatic N) is 2. The molecule has 0 N–H and O–H groups in total. The van der Waals surface area contributed by atoms with Crippen LogP contribution in [0, 0.1) is 11.5 Å². The first kappa shape index (κ1) is 8.81. The Kier molecular flexibility index (Phi) is 2.20. The van der Waals surface area contributed by atoms with Gasteiger partial charge in [-0.3, -0.25) is 4.90 Å². The molecule has 0 unspecified atom stereocenters. The van der Waals surface area contributed by atoms with Gasteiger partial charge in [0.15, 0.2) is 21.4 Å². The number of sulfone groups is 1. The highest BCUT2D eigenvalue weighted by Crippen LogP contribution is 2.11. The van der Waals surface area contributed by atoms with Gasteiger partial charge in [0.1, 0.15) is 0 Å². The van der Waals surface area contributed by atoms with Gasteiger partial charge in [-0.2, -0.15) is 5.26 Å². The van der Waals surface area contributed by atoms with Gasteiger partial charge in [0.05, 0.1) is 0 Å². The van der Waals surface area contributed by atoms with Gasteiger partial charge in [0.25, 0.3) is 0 Å². The molecular formula is C7H8N2O2S. The van der Waals surface area contributed by atoms with E-state index in [2.05, 4.69) is 0 Å². The Balaban J connectivity index is 3.01. The van der Waals surface area contributed by atoms with Crippen molar-refractivity contribution in [3.05, 3.63) is 24.4 Å². The van der Waals surface area contributed by atoms with Crippen LogP contribution in [0.5, 0.6) is 0 Å². The quantitative estimate of drug-likeness (QED) is 0.547. The lowest BCUT2D eigenvalue weighted by atomic mass is 10.4. The normalized spacial score (nSPS) is 22.3. The number of nitriles is 1. The maximum absolute atomic E-state index is 11.1. The largest absolute Gasteiger partial charge is 0.265 e. The van der Waals surface area contributed by atoms with Crippen molar-refractivity contribution < 1.29 is 8.42 Å². The van der Waals surface area contributed by atoms with E-state index in [-0.39, 0.29) is 0 Å². The van der Waals surface area contributed by atoms with E-state index in [0.717, 1.165) is 11.2 Å². The Morgan fingerprint density at radius 1 is 1.50 bits per heavy atom. The number of hydrogen-bond donors (Lipinski definition) is 0. The van der Waals surface area contributed by atoms with Gasteiger partial charge in [-0.1, -0.05) is 6.08 Å². The fraction of sp³-hybridized carbons (Fsp3) is 0.286. The summed E-state index contributed by atoms with van der Waals surface area (Å²) < 4.78 is 22.2. The average Bonchev–Trinajstić information content (AvgIpc) is 2.03. The van der Waals surface area contributed by atoms with Crippen LogP contribution in [-0.4, -0.2) is 24.9 Å². The monoisotopic (exact) mass is 184 g/mol. The predicted octanol–water partition coefficient (Wildman–Crippen LogP) is 0.224. The molecule has 0 radical (unpaired) electrons. The lowest BCUT2D eigenvalue weighted by Gasteiger charge is -2.20. The maximum Gasteiger partial charge on any atom is 0.185 e. The van der Waals surface area contributed by atoms with E-state index >= 15 is 0 Å². The molecule has 64 valence electrons. The van der Waals surface area contributed by atoms with Crippen molar-refractivity contribution in [3.8, 4) is 6.19 Å². The molecule has 1 aliphatic heterocycles. The zero-order valence-electron chi connectivity index (χ0n) is 6.51. The Hall–Kier alpha value is -1.28. The molecule has 0 saturated heterocycles. The molecule has 0 aromatic rings. The molecular weight excluding hydrogens is 176 g/mol. The van der Waals surface area contributed by atoms with Crippen LogP contribution in [0.1, 0.15) is 0 Å². The lowest BCUT2D eigenvalue weighted by Crippen LogP contribution is -2.33. The minimum absolute atomic E-state index is 0.840. The van der Waals surface area contributed by atoms with Gasteiger partial charge in [-0.15, -0.1) is 0 Å². The van der Waals surface area contributed by atoms with Crippen molar-refractivity contribution in [2.75, 3.05) is 6.26 Å². The topological polar surface area (TPSA) is 61.2 Å². The highest BCUT2D eigenvalue weighted by molar-refractivity contribution is 7.91. The van der Waals surface area contributed by atoms with E-state index in [4.69, 9.17) is 5.26 Å². The molecule has 0 aliphatic carbocycles. The Morgan fingerprint density at radius 2 is 2.17 bits per heavy atom. The van der Waals surface area contributed by atoms with E-state index in [1.54, 1.807) is 18.3 Å². The lowest BCUT2D eigenvalue weighted by molar-refractivity contribution is 0.500. The third kappa shape index (κ3) is 1.66.